The summed E-state index contributed by atoms with van der Waals surface area (Å²) >= 11 is 0. The first-order chi connectivity index (χ1) is 14.1. The van der Waals surface area contributed by atoms with E-state index in [0.717, 1.165) is 5.56 Å². The number of amides is 1. The molecule has 1 aromatic carbocycles. The molecule has 0 aliphatic carbocycles. The van der Waals surface area contributed by atoms with E-state index < -0.39 is 18.9 Å². The number of nitrogens with zero attached hydrogens (tertiary/aromatic N) is 4. The zero-order valence-electron chi connectivity index (χ0n) is 15.5. The number of fused-ring (bicyclic) bond motifs is 1. The average molecular weight is 397 g/mol. The summed E-state index contributed by atoms with van der Waals surface area (Å²) in [5.41, 5.74) is 2.35. The van der Waals surface area contributed by atoms with E-state index in [-0.39, 0.29) is 11.3 Å². The number of hydrogen-bond acceptors (Lipinski definition) is 5. The summed E-state index contributed by atoms with van der Waals surface area (Å²) < 4.78 is 32.4. The lowest BCUT2D eigenvalue weighted by Crippen LogP contribution is -2.28. The van der Waals surface area contributed by atoms with E-state index in [9.17, 15) is 13.6 Å². The van der Waals surface area contributed by atoms with Crippen LogP contribution in [0.25, 0.3) is 33.7 Å². The van der Waals surface area contributed by atoms with Gasteiger partial charge in [0.05, 0.1) is 23.2 Å². The molecule has 0 saturated heterocycles. The molecular weight excluding hydrogens is 380 g/mol. The molecule has 4 rings (SSSR count). The van der Waals surface area contributed by atoms with Gasteiger partial charge in [-0.05, 0) is 19.1 Å². The third kappa shape index (κ3) is 3.71. The summed E-state index contributed by atoms with van der Waals surface area (Å²) in [5.74, 6) is -0.658. The first kappa shape index (κ1) is 18.7. The number of rotatable bonds is 6. The lowest BCUT2D eigenvalue weighted by Gasteiger charge is -2.08. The first-order valence-corrected chi connectivity index (χ1v) is 9.03. The Morgan fingerprint density at radius 3 is 2.69 bits per heavy atom. The SMILES string of the molecule is CCn1ccc(-c2cc(C(=O)NCC(F)F)c3c(-c4ccccc4)noc3n2)n1. The maximum absolute atomic E-state index is 12.7. The number of benzene rings is 1. The molecule has 0 atom stereocenters. The maximum atomic E-state index is 12.7. The molecule has 7 nitrogen and oxygen atoms in total. The number of carbonyl (C=O) groups is 1. The summed E-state index contributed by atoms with van der Waals surface area (Å²) in [7, 11) is 0. The highest BCUT2D eigenvalue weighted by molar-refractivity contribution is 6.10. The van der Waals surface area contributed by atoms with Crippen LogP contribution in [0.15, 0.2) is 53.2 Å². The van der Waals surface area contributed by atoms with Gasteiger partial charge in [0, 0.05) is 18.3 Å². The Bertz CT molecular complexity index is 1150. The van der Waals surface area contributed by atoms with Gasteiger partial charge >= 0.3 is 0 Å². The van der Waals surface area contributed by atoms with Gasteiger partial charge in [-0.2, -0.15) is 5.10 Å². The van der Waals surface area contributed by atoms with Gasteiger partial charge in [-0.15, -0.1) is 0 Å². The smallest absolute Gasteiger partial charge is 0.259 e. The molecule has 1 N–H and O–H groups in total. The number of pyridine rings is 1. The number of carbonyl (C=O) groups excluding carboxylic acids is 1. The van der Waals surface area contributed by atoms with E-state index in [1.54, 1.807) is 16.9 Å². The van der Waals surface area contributed by atoms with Gasteiger partial charge in [-0.25, -0.2) is 13.8 Å². The molecule has 0 unspecified atom stereocenters. The Morgan fingerprint density at radius 2 is 2.00 bits per heavy atom. The Balaban J connectivity index is 1.88. The third-order valence-corrected chi connectivity index (χ3v) is 4.38. The lowest BCUT2D eigenvalue weighted by molar-refractivity contribution is 0.0893. The molecule has 4 aromatic rings. The molecule has 0 spiro atoms. The van der Waals surface area contributed by atoms with Crippen LogP contribution in [-0.4, -0.2) is 38.8 Å². The van der Waals surface area contributed by atoms with Gasteiger partial charge in [-0.1, -0.05) is 35.5 Å². The fourth-order valence-electron chi connectivity index (χ4n) is 2.99. The summed E-state index contributed by atoms with van der Waals surface area (Å²) in [6.45, 7) is 1.86. The number of nitrogens with one attached hydrogen (secondary N) is 1. The lowest BCUT2D eigenvalue weighted by atomic mass is 10.0. The van der Waals surface area contributed by atoms with E-state index in [1.807, 2.05) is 37.3 Å². The fourth-order valence-corrected chi connectivity index (χ4v) is 2.99. The van der Waals surface area contributed by atoms with Crippen molar-refractivity contribution < 1.29 is 18.1 Å². The van der Waals surface area contributed by atoms with E-state index >= 15 is 0 Å². The van der Waals surface area contributed by atoms with Gasteiger partial charge in [0.15, 0.2) is 0 Å². The Hall–Kier alpha value is -3.62. The molecule has 0 aliphatic heterocycles. The molecule has 0 radical (unpaired) electrons. The standard InChI is InChI=1S/C20H17F2N5O2/c1-2-27-9-8-14(25-27)15-10-13(19(28)23-11-16(21)22)17-18(26-29-20(17)24-15)12-6-4-3-5-7-12/h3-10,16H,2,11H2,1H3,(H,23,28). The summed E-state index contributed by atoms with van der Waals surface area (Å²) in [6.07, 6.45) is -0.875. The minimum atomic E-state index is -2.66. The van der Waals surface area contributed by atoms with Crippen molar-refractivity contribution in [1.29, 1.82) is 0 Å². The molecule has 3 aromatic heterocycles. The summed E-state index contributed by atoms with van der Waals surface area (Å²) in [6, 6.07) is 12.4. The van der Waals surface area contributed by atoms with Crippen molar-refractivity contribution in [3.63, 3.8) is 0 Å². The van der Waals surface area contributed by atoms with Crippen molar-refractivity contribution in [2.24, 2.45) is 0 Å². The van der Waals surface area contributed by atoms with Crippen LogP contribution in [0.1, 0.15) is 17.3 Å². The number of halogens is 2. The van der Waals surface area contributed by atoms with Crippen molar-refractivity contribution in [3.8, 4) is 22.6 Å². The van der Waals surface area contributed by atoms with Crippen LogP contribution < -0.4 is 5.32 Å². The number of alkyl halides is 2. The van der Waals surface area contributed by atoms with Crippen molar-refractivity contribution in [2.75, 3.05) is 6.54 Å². The van der Waals surface area contributed by atoms with Crippen LogP contribution in [0, 0.1) is 0 Å². The fraction of sp³-hybridized carbons (Fsp3) is 0.200. The quantitative estimate of drug-likeness (QED) is 0.535. The number of aromatic nitrogens is 4. The van der Waals surface area contributed by atoms with Gasteiger partial charge in [0.25, 0.3) is 18.0 Å². The normalized spacial score (nSPS) is 11.3. The predicted molar refractivity (Wildman–Crippen MR) is 102 cm³/mol. The topological polar surface area (TPSA) is 85.8 Å². The average Bonchev–Trinajstić information content (AvgIpc) is 3.39. The second-order valence-corrected chi connectivity index (χ2v) is 6.29. The second kappa shape index (κ2) is 7.78. The molecule has 0 aliphatic rings. The largest absolute Gasteiger partial charge is 0.346 e. The second-order valence-electron chi connectivity index (χ2n) is 6.29. The van der Waals surface area contributed by atoms with Gasteiger partial charge in [0.1, 0.15) is 11.4 Å². The minimum absolute atomic E-state index is 0.134. The third-order valence-electron chi connectivity index (χ3n) is 4.38. The van der Waals surface area contributed by atoms with E-state index in [0.29, 0.717) is 29.0 Å². The van der Waals surface area contributed by atoms with Crippen molar-refractivity contribution in [2.45, 2.75) is 19.9 Å². The molecule has 148 valence electrons. The monoisotopic (exact) mass is 397 g/mol. The van der Waals surface area contributed by atoms with E-state index in [4.69, 9.17) is 4.52 Å². The minimum Gasteiger partial charge on any atom is -0.346 e. The predicted octanol–water partition coefficient (Wildman–Crippen LogP) is 3.77. The summed E-state index contributed by atoms with van der Waals surface area (Å²) in [5, 5.41) is 11.1. The Kier molecular flexibility index (Phi) is 5.03. The molecule has 0 saturated carbocycles. The molecular formula is C20H17F2N5O2. The van der Waals surface area contributed by atoms with Crippen LogP contribution in [0.4, 0.5) is 8.78 Å². The highest BCUT2D eigenvalue weighted by Gasteiger charge is 2.23. The molecule has 0 bridgehead atoms. The van der Waals surface area contributed by atoms with Gasteiger partial charge in [0.2, 0.25) is 0 Å². The molecule has 3 heterocycles. The van der Waals surface area contributed by atoms with Crippen molar-refractivity contribution in [1.82, 2.24) is 25.2 Å². The van der Waals surface area contributed by atoms with Crippen LogP contribution in [0.3, 0.4) is 0 Å². The highest BCUT2D eigenvalue weighted by Crippen LogP contribution is 2.32. The molecule has 29 heavy (non-hydrogen) atoms. The zero-order valence-corrected chi connectivity index (χ0v) is 15.5. The maximum Gasteiger partial charge on any atom is 0.259 e. The van der Waals surface area contributed by atoms with Gasteiger partial charge < -0.3 is 9.84 Å². The van der Waals surface area contributed by atoms with Crippen LogP contribution in [0.2, 0.25) is 0 Å². The number of hydrogen-bond donors (Lipinski definition) is 1. The molecule has 1 amide bonds. The highest BCUT2D eigenvalue weighted by atomic mass is 19.3. The van der Waals surface area contributed by atoms with Crippen molar-refractivity contribution in [3.05, 3.63) is 54.2 Å². The van der Waals surface area contributed by atoms with Crippen LogP contribution in [-0.2, 0) is 6.54 Å². The van der Waals surface area contributed by atoms with Crippen LogP contribution in [0.5, 0.6) is 0 Å². The van der Waals surface area contributed by atoms with E-state index in [2.05, 4.69) is 20.6 Å². The summed E-state index contributed by atoms with van der Waals surface area (Å²) in [4.78, 5) is 17.2. The first-order valence-electron chi connectivity index (χ1n) is 9.03. The Morgan fingerprint density at radius 1 is 1.21 bits per heavy atom. The molecule has 9 heteroatoms. The molecule has 0 fully saturated rings. The number of aryl methyl sites for hydroxylation is 1. The van der Waals surface area contributed by atoms with E-state index in [1.165, 1.54) is 6.07 Å². The zero-order chi connectivity index (χ0) is 20.4. The Labute approximate surface area is 164 Å². The van der Waals surface area contributed by atoms with Crippen molar-refractivity contribution >= 4 is 17.0 Å². The van der Waals surface area contributed by atoms with Gasteiger partial charge in [-0.3, -0.25) is 9.48 Å². The van der Waals surface area contributed by atoms with Crippen LogP contribution >= 0.6 is 0 Å².